The highest BCUT2D eigenvalue weighted by Gasteiger charge is 2.23. The largest absolute Gasteiger partial charge is 0.454 e. The van der Waals surface area contributed by atoms with Crippen molar-refractivity contribution < 1.29 is 19.0 Å². The molecule has 0 aliphatic carbocycles. The lowest BCUT2D eigenvalue weighted by Gasteiger charge is -2.10. The summed E-state index contributed by atoms with van der Waals surface area (Å²) in [6, 6.07) is 3.35. The van der Waals surface area contributed by atoms with E-state index in [0.29, 0.717) is 43.4 Å². The molecular weight excluding hydrogens is 390 g/mol. The van der Waals surface area contributed by atoms with Crippen LogP contribution >= 0.6 is 23.6 Å². The van der Waals surface area contributed by atoms with Gasteiger partial charge in [-0.25, -0.2) is 0 Å². The Kier molecular flexibility index (Phi) is 3.92. The van der Waals surface area contributed by atoms with Crippen LogP contribution in [0.1, 0.15) is 22.5 Å². The van der Waals surface area contributed by atoms with E-state index in [-0.39, 0.29) is 24.4 Å². The molecule has 2 aliphatic rings. The van der Waals surface area contributed by atoms with Gasteiger partial charge in [-0.2, -0.15) is 0 Å². The minimum Gasteiger partial charge on any atom is -0.454 e. The summed E-state index contributed by atoms with van der Waals surface area (Å²) in [5.74, 6) is 0.787. The molecule has 2 aromatic heterocycles. The third-order valence-electron chi connectivity index (χ3n) is 4.74. The third kappa shape index (κ3) is 2.71. The number of nitrogens with zero attached hydrogens (tertiary/aromatic N) is 1. The van der Waals surface area contributed by atoms with Crippen LogP contribution in [-0.4, -0.2) is 41.3 Å². The van der Waals surface area contributed by atoms with Crippen molar-refractivity contribution in [3.63, 3.8) is 0 Å². The SMILES string of the molecule is O=C(NC[C@H]1CCCO1)c1sc(=S)n2c1[nH]c(=O)c1cc3c(cc12)OCO3. The quantitative estimate of drug-likeness (QED) is 0.649. The monoisotopic (exact) mass is 405 g/mol. The summed E-state index contributed by atoms with van der Waals surface area (Å²) in [6.07, 6.45) is 1.97. The smallest absolute Gasteiger partial charge is 0.265 e. The van der Waals surface area contributed by atoms with Gasteiger partial charge in [0.05, 0.1) is 17.0 Å². The molecule has 1 aromatic carbocycles. The molecule has 0 radical (unpaired) electrons. The van der Waals surface area contributed by atoms with Gasteiger partial charge in [0.15, 0.2) is 15.5 Å². The maximum atomic E-state index is 12.7. The molecule has 1 atom stereocenters. The number of aromatic amines is 1. The maximum absolute atomic E-state index is 12.7. The number of benzene rings is 1. The highest BCUT2D eigenvalue weighted by molar-refractivity contribution is 7.73. The van der Waals surface area contributed by atoms with Crippen molar-refractivity contribution in [3.05, 3.63) is 31.3 Å². The van der Waals surface area contributed by atoms with Crippen LogP contribution in [0.2, 0.25) is 0 Å². The second-order valence-corrected chi connectivity index (χ2v) is 8.05. The zero-order valence-electron chi connectivity index (χ0n) is 14.1. The van der Waals surface area contributed by atoms with Crippen LogP contribution in [0, 0.1) is 3.95 Å². The van der Waals surface area contributed by atoms with E-state index >= 15 is 0 Å². The molecule has 1 saturated heterocycles. The molecule has 1 fully saturated rings. The zero-order valence-corrected chi connectivity index (χ0v) is 15.7. The van der Waals surface area contributed by atoms with Crippen molar-refractivity contribution in [2.75, 3.05) is 19.9 Å². The first-order valence-corrected chi connectivity index (χ1v) is 9.75. The minimum atomic E-state index is -0.315. The molecule has 10 heteroatoms. The minimum absolute atomic E-state index is 0.0374. The Morgan fingerprint density at radius 3 is 2.96 bits per heavy atom. The van der Waals surface area contributed by atoms with Crippen molar-refractivity contribution in [2.45, 2.75) is 18.9 Å². The lowest BCUT2D eigenvalue weighted by atomic mass is 10.2. The van der Waals surface area contributed by atoms with Gasteiger partial charge in [-0.05, 0) is 31.1 Å². The highest BCUT2D eigenvalue weighted by atomic mass is 32.1. The van der Waals surface area contributed by atoms with Gasteiger partial charge in [0.2, 0.25) is 6.79 Å². The second-order valence-electron chi connectivity index (χ2n) is 6.40. The number of H-pyrrole nitrogens is 1. The first kappa shape index (κ1) is 16.7. The van der Waals surface area contributed by atoms with Crippen LogP contribution < -0.4 is 20.3 Å². The average Bonchev–Trinajstić information content (AvgIpc) is 3.38. The number of hydrogen-bond donors (Lipinski definition) is 2. The van der Waals surface area contributed by atoms with E-state index in [2.05, 4.69) is 10.3 Å². The number of fused-ring (bicyclic) bond motifs is 4. The fourth-order valence-electron chi connectivity index (χ4n) is 3.42. The van der Waals surface area contributed by atoms with E-state index in [4.69, 9.17) is 26.4 Å². The summed E-state index contributed by atoms with van der Waals surface area (Å²) in [5.41, 5.74) is 0.646. The van der Waals surface area contributed by atoms with Gasteiger partial charge in [0.25, 0.3) is 11.5 Å². The Balaban J connectivity index is 1.61. The maximum Gasteiger partial charge on any atom is 0.265 e. The number of hydrogen-bond acceptors (Lipinski definition) is 7. The fourth-order valence-corrected chi connectivity index (χ4v) is 4.72. The molecule has 0 unspecified atom stereocenters. The summed E-state index contributed by atoms with van der Waals surface area (Å²) < 4.78 is 18.4. The van der Waals surface area contributed by atoms with Gasteiger partial charge in [-0.3, -0.25) is 14.0 Å². The number of thiazole rings is 1. The molecule has 8 nitrogen and oxygen atoms in total. The third-order valence-corrected chi connectivity index (χ3v) is 6.11. The van der Waals surface area contributed by atoms with E-state index in [1.54, 1.807) is 16.5 Å². The lowest BCUT2D eigenvalue weighted by Crippen LogP contribution is -2.31. The standard InChI is InChI=1S/C17H15N3O5S2/c21-15-9-4-11-12(25-7-24-11)5-10(9)20-14(19-15)13(27-17(20)26)16(22)18-6-8-2-1-3-23-8/h4-5,8H,1-3,6-7H2,(H,18,22)(H,19,21)/t8-/m1/s1. The predicted octanol–water partition coefficient (Wildman–Crippen LogP) is 2.21. The number of carbonyl (C=O) groups excluding carboxylic acids is 1. The molecule has 0 saturated carbocycles. The Hall–Kier alpha value is -2.43. The van der Waals surface area contributed by atoms with Crippen LogP contribution in [-0.2, 0) is 4.74 Å². The second kappa shape index (κ2) is 6.32. The van der Waals surface area contributed by atoms with Crippen LogP contribution in [0.4, 0.5) is 0 Å². The molecule has 5 rings (SSSR count). The van der Waals surface area contributed by atoms with E-state index in [1.165, 1.54) is 0 Å². The van der Waals surface area contributed by atoms with E-state index in [0.717, 1.165) is 30.8 Å². The van der Waals surface area contributed by atoms with Crippen LogP contribution in [0.25, 0.3) is 16.6 Å². The van der Waals surface area contributed by atoms with Gasteiger partial charge >= 0.3 is 0 Å². The molecule has 1 amide bonds. The Morgan fingerprint density at radius 2 is 2.19 bits per heavy atom. The van der Waals surface area contributed by atoms with Gasteiger partial charge in [-0.1, -0.05) is 11.3 Å². The molecule has 27 heavy (non-hydrogen) atoms. The number of carbonyl (C=O) groups is 1. The molecule has 140 valence electrons. The van der Waals surface area contributed by atoms with Crippen LogP contribution in [0.3, 0.4) is 0 Å². The Morgan fingerprint density at radius 1 is 1.37 bits per heavy atom. The van der Waals surface area contributed by atoms with Crippen LogP contribution in [0.15, 0.2) is 16.9 Å². The summed E-state index contributed by atoms with van der Waals surface area (Å²) in [6.45, 7) is 1.27. The first-order chi connectivity index (χ1) is 13.1. The summed E-state index contributed by atoms with van der Waals surface area (Å²) in [7, 11) is 0. The van der Waals surface area contributed by atoms with Crippen LogP contribution in [0.5, 0.6) is 11.5 Å². The van der Waals surface area contributed by atoms with Gasteiger partial charge in [-0.15, -0.1) is 0 Å². The Labute approximate surface area is 161 Å². The molecule has 2 N–H and O–H groups in total. The average molecular weight is 405 g/mol. The lowest BCUT2D eigenvalue weighted by molar-refractivity contribution is 0.0862. The van der Waals surface area contributed by atoms with Crippen molar-refractivity contribution in [3.8, 4) is 11.5 Å². The highest BCUT2D eigenvalue weighted by Crippen LogP contribution is 2.36. The van der Waals surface area contributed by atoms with Crippen molar-refractivity contribution in [1.29, 1.82) is 0 Å². The van der Waals surface area contributed by atoms with Gasteiger partial charge in [0.1, 0.15) is 10.5 Å². The number of rotatable bonds is 3. The van der Waals surface area contributed by atoms with Crippen molar-refractivity contribution >= 4 is 46.0 Å². The first-order valence-electron chi connectivity index (χ1n) is 8.53. The van der Waals surface area contributed by atoms with E-state index in [1.807, 2.05) is 0 Å². The molecule has 0 bridgehead atoms. The van der Waals surface area contributed by atoms with Gasteiger partial charge in [0, 0.05) is 19.2 Å². The molecule has 3 aromatic rings. The summed E-state index contributed by atoms with van der Waals surface area (Å²) in [4.78, 5) is 28.4. The van der Waals surface area contributed by atoms with E-state index in [9.17, 15) is 9.59 Å². The summed E-state index contributed by atoms with van der Waals surface area (Å²) in [5, 5.41) is 3.30. The van der Waals surface area contributed by atoms with Gasteiger partial charge < -0.3 is 24.5 Å². The zero-order chi connectivity index (χ0) is 18.5. The van der Waals surface area contributed by atoms with E-state index < -0.39 is 0 Å². The normalized spacial score (nSPS) is 18.4. The molecule has 0 spiro atoms. The number of nitrogens with one attached hydrogen (secondary N) is 2. The molecule has 2 aliphatic heterocycles. The fraction of sp³-hybridized carbons (Fsp3) is 0.353. The number of amides is 1. The molecule has 4 heterocycles. The molecular formula is C17H15N3O5S2. The Bertz CT molecular complexity index is 1190. The topological polar surface area (TPSA) is 94.1 Å². The van der Waals surface area contributed by atoms with Crippen molar-refractivity contribution in [2.24, 2.45) is 0 Å². The number of ether oxygens (including phenoxy) is 3. The summed E-state index contributed by atoms with van der Waals surface area (Å²) >= 11 is 6.62. The predicted molar refractivity (Wildman–Crippen MR) is 102 cm³/mol. The van der Waals surface area contributed by atoms with Crippen molar-refractivity contribution in [1.82, 2.24) is 14.7 Å². The number of aromatic nitrogens is 2.